The van der Waals surface area contributed by atoms with Crippen LogP contribution in [0.25, 0.3) is 6.08 Å². The van der Waals surface area contributed by atoms with Crippen LogP contribution >= 0.6 is 11.3 Å². The Morgan fingerprint density at radius 3 is 2.59 bits per heavy atom. The molecule has 1 aromatic heterocycles. The normalized spacial score (nSPS) is 10.8. The molecule has 1 aromatic carbocycles. The van der Waals surface area contributed by atoms with E-state index in [2.05, 4.69) is 4.98 Å². The highest BCUT2D eigenvalue weighted by Gasteiger charge is 2.12. The van der Waals surface area contributed by atoms with Crippen LogP contribution in [0.1, 0.15) is 29.9 Å². The summed E-state index contributed by atoms with van der Waals surface area (Å²) in [7, 11) is 0. The lowest BCUT2D eigenvalue weighted by Gasteiger charge is -2.14. The number of phenolic OH excluding ortho intramolecular Hbond substituents is 1. The second-order valence-electron chi connectivity index (χ2n) is 4.56. The molecule has 0 unspecified atom stereocenters. The van der Waals surface area contributed by atoms with Crippen molar-refractivity contribution in [3.8, 4) is 5.75 Å². The predicted molar refractivity (Wildman–Crippen MR) is 87.3 cm³/mol. The summed E-state index contributed by atoms with van der Waals surface area (Å²) in [6.45, 7) is 3.93. The van der Waals surface area contributed by atoms with Crippen molar-refractivity contribution in [3.63, 3.8) is 0 Å². The quantitative estimate of drug-likeness (QED) is 0.679. The minimum absolute atomic E-state index is 0.0625. The molecule has 0 aliphatic heterocycles. The molecule has 0 aliphatic rings. The number of amides is 1. The largest absolute Gasteiger partial charge is 0.508 e. The molecule has 1 heterocycles. The number of anilines is 1. The molecule has 22 heavy (non-hydrogen) atoms. The Kier molecular flexibility index (Phi) is 5.06. The van der Waals surface area contributed by atoms with Crippen LogP contribution in [-0.2, 0) is 4.79 Å². The van der Waals surface area contributed by atoms with E-state index >= 15 is 0 Å². The molecular weight excluding hydrogens is 300 g/mol. The van der Waals surface area contributed by atoms with Crippen LogP contribution < -0.4 is 4.90 Å². The summed E-state index contributed by atoms with van der Waals surface area (Å²) in [5, 5.41) is 11.6. The van der Waals surface area contributed by atoms with Gasteiger partial charge in [-0.25, -0.2) is 4.98 Å². The van der Waals surface area contributed by atoms with E-state index < -0.39 is 0 Å². The fourth-order valence-corrected chi connectivity index (χ4v) is 2.75. The smallest absolute Gasteiger partial charge is 0.225 e. The van der Waals surface area contributed by atoms with Crippen LogP contribution in [0.5, 0.6) is 5.75 Å². The van der Waals surface area contributed by atoms with Gasteiger partial charge in [-0.15, -0.1) is 11.3 Å². The Balaban J connectivity index is 2.10. The van der Waals surface area contributed by atoms with Crippen molar-refractivity contribution in [1.29, 1.82) is 0 Å². The SMILES string of the molecule is CCN(C(C)=O)c1nc(/C=C/C(=O)c2ccc(O)cc2)cs1. The van der Waals surface area contributed by atoms with Gasteiger partial charge in [0.1, 0.15) is 5.75 Å². The van der Waals surface area contributed by atoms with Crippen LogP contribution in [0.15, 0.2) is 35.7 Å². The lowest BCUT2D eigenvalue weighted by atomic mass is 10.1. The molecule has 0 radical (unpaired) electrons. The van der Waals surface area contributed by atoms with Gasteiger partial charge in [0.25, 0.3) is 0 Å². The molecule has 5 nitrogen and oxygen atoms in total. The molecule has 0 saturated carbocycles. The summed E-state index contributed by atoms with van der Waals surface area (Å²) in [4.78, 5) is 29.3. The Bertz CT molecular complexity index is 704. The first-order valence-electron chi connectivity index (χ1n) is 6.76. The van der Waals surface area contributed by atoms with Gasteiger partial charge in [0.05, 0.1) is 5.69 Å². The molecule has 0 aliphatic carbocycles. The second-order valence-corrected chi connectivity index (χ2v) is 5.40. The number of ketones is 1. The zero-order chi connectivity index (χ0) is 16.1. The number of phenols is 1. The lowest BCUT2D eigenvalue weighted by molar-refractivity contribution is -0.116. The minimum Gasteiger partial charge on any atom is -0.508 e. The highest BCUT2D eigenvalue weighted by Crippen LogP contribution is 2.21. The van der Waals surface area contributed by atoms with Crippen molar-refractivity contribution in [2.45, 2.75) is 13.8 Å². The minimum atomic E-state index is -0.173. The van der Waals surface area contributed by atoms with Crippen LogP contribution in [0.2, 0.25) is 0 Å². The highest BCUT2D eigenvalue weighted by molar-refractivity contribution is 7.14. The first-order valence-corrected chi connectivity index (χ1v) is 7.64. The van der Waals surface area contributed by atoms with Crippen LogP contribution in [0, 0.1) is 0 Å². The first-order chi connectivity index (χ1) is 10.5. The Morgan fingerprint density at radius 2 is 2.00 bits per heavy atom. The average molecular weight is 316 g/mol. The van der Waals surface area contributed by atoms with E-state index in [9.17, 15) is 14.7 Å². The van der Waals surface area contributed by atoms with Crippen LogP contribution in [0.3, 0.4) is 0 Å². The van der Waals surface area contributed by atoms with Gasteiger partial charge in [0.2, 0.25) is 5.91 Å². The number of thiazole rings is 1. The van der Waals surface area contributed by atoms with E-state index in [1.807, 2.05) is 6.92 Å². The fourth-order valence-electron chi connectivity index (χ4n) is 1.85. The number of aromatic nitrogens is 1. The Hall–Kier alpha value is -2.47. The van der Waals surface area contributed by atoms with Gasteiger partial charge in [-0.1, -0.05) is 0 Å². The van der Waals surface area contributed by atoms with E-state index in [-0.39, 0.29) is 17.4 Å². The number of allylic oxidation sites excluding steroid dienone is 1. The number of benzene rings is 1. The first kappa shape index (κ1) is 15.9. The maximum atomic E-state index is 12.0. The lowest BCUT2D eigenvalue weighted by Crippen LogP contribution is -2.27. The number of carbonyl (C=O) groups excluding carboxylic acids is 2. The summed E-state index contributed by atoms with van der Waals surface area (Å²) in [6.07, 6.45) is 3.04. The van der Waals surface area contributed by atoms with Gasteiger partial charge in [-0.2, -0.15) is 0 Å². The second kappa shape index (κ2) is 7.00. The number of aromatic hydroxyl groups is 1. The molecule has 6 heteroatoms. The van der Waals surface area contributed by atoms with Crippen molar-refractivity contribution in [1.82, 2.24) is 4.98 Å². The molecule has 0 atom stereocenters. The maximum Gasteiger partial charge on any atom is 0.225 e. The van der Waals surface area contributed by atoms with Gasteiger partial charge in [0, 0.05) is 24.4 Å². The summed E-state index contributed by atoms with van der Waals surface area (Å²) >= 11 is 1.36. The molecule has 114 valence electrons. The summed E-state index contributed by atoms with van der Waals surface area (Å²) < 4.78 is 0. The van der Waals surface area contributed by atoms with Crippen molar-refractivity contribution < 1.29 is 14.7 Å². The van der Waals surface area contributed by atoms with Gasteiger partial charge in [-0.3, -0.25) is 14.5 Å². The number of nitrogens with zero attached hydrogens (tertiary/aromatic N) is 2. The molecule has 1 N–H and O–H groups in total. The summed E-state index contributed by atoms with van der Waals surface area (Å²) in [5.41, 5.74) is 1.12. The zero-order valence-corrected chi connectivity index (χ0v) is 13.1. The summed E-state index contributed by atoms with van der Waals surface area (Å²) in [6, 6.07) is 6.05. The van der Waals surface area contributed by atoms with Gasteiger partial charge >= 0.3 is 0 Å². The van der Waals surface area contributed by atoms with E-state index in [1.54, 1.807) is 28.5 Å². The molecule has 2 rings (SSSR count). The molecule has 0 spiro atoms. The molecular formula is C16H16N2O3S. The van der Waals surface area contributed by atoms with Gasteiger partial charge < -0.3 is 5.11 Å². The average Bonchev–Trinajstić information content (AvgIpc) is 2.94. The Labute approximate surface area is 132 Å². The number of carbonyl (C=O) groups is 2. The molecule has 1 amide bonds. The third-order valence-corrected chi connectivity index (χ3v) is 3.88. The predicted octanol–water partition coefficient (Wildman–Crippen LogP) is 3.12. The van der Waals surface area contributed by atoms with Gasteiger partial charge in [0.15, 0.2) is 10.9 Å². The van der Waals surface area contributed by atoms with Crippen molar-refractivity contribution in [3.05, 3.63) is 47.0 Å². The summed E-state index contributed by atoms with van der Waals surface area (Å²) in [5.74, 6) is -0.116. The number of rotatable bonds is 5. The molecule has 0 fully saturated rings. The standard InChI is InChI=1S/C16H16N2O3S/c1-3-18(11(2)19)16-17-13(10-22-16)6-9-15(21)12-4-7-14(20)8-5-12/h4-10,20H,3H2,1-2H3/b9-6+. The van der Waals surface area contributed by atoms with E-state index in [1.165, 1.54) is 36.5 Å². The van der Waals surface area contributed by atoms with Crippen LogP contribution in [0.4, 0.5) is 5.13 Å². The number of hydrogen-bond acceptors (Lipinski definition) is 5. The maximum absolute atomic E-state index is 12.0. The Morgan fingerprint density at radius 1 is 1.32 bits per heavy atom. The van der Waals surface area contributed by atoms with Gasteiger partial charge in [-0.05, 0) is 43.3 Å². The zero-order valence-electron chi connectivity index (χ0n) is 12.3. The van der Waals surface area contributed by atoms with Crippen molar-refractivity contribution in [2.75, 3.05) is 11.4 Å². The highest BCUT2D eigenvalue weighted by atomic mass is 32.1. The third kappa shape index (κ3) is 3.79. The topological polar surface area (TPSA) is 70.5 Å². The number of hydrogen-bond donors (Lipinski definition) is 1. The van der Waals surface area contributed by atoms with Crippen LogP contribution in [-0.4, -0.2) is 28.3 Å². The van der Waals surface area contributed by atoms with E-state index in [0.29, 0.717) is 22.9 Å². The van der Waals surface area contributed by atoms with E-state index in [4.69, 9.17) is 0 Å². The fraction of sp³-hybridized carbons (Fsp3) is 0.188. The monoisotopic (exact) mass is 316 g/mol. The third-order valence-electron chi connectivity index (χ3n) is 2.99. The van der Waals surface area contributed by atoms with Crippen molar-refractivity contribution >= 4 is 34.2 Å². The van der Waals surface area contributed by atoms with E-state index in [0.717, 1.165) is 0 Å². The molecule has 0 bridgehead atoms. The molecule has 2 aromatic rings. The molecule has 0 saturated heterocycles. The van der Waals surface area contributed by atoms with Crippen molar-refractivity contribution in [2.24, 2.45) is 0 Å².